The molecule has 0 fully saturated rings. The Hall–Kier alpha value is -2.77. The highest BCUT2D eigenvalue weighted by atomic mass is 79.9. The molecular formula is C25H22Br2N4O. The highest BCUT2D eigenvalue weighted by Gasteiger charge is 2.20. The maximum atomic E-state index is 13.2. The number of carbonyl (C=O) groups excluding carboxylic acids is 1. The second kappa shape index (κ2) is 9.38. The maximum absolute atomic E-state index is 13.2. The van der Waals surface area contributed by atoms with Gasteiger partial charge in [-0.15, -0.1) is 5.10 Å². The molecule has 0 atom stereocenters. The van der Waals surface area contributed by atoms with Crippen molar-refractivity contribution < 1.29 is 4.79 Å². The Kier molecular flexibility index (Phi) is 6.58. The van der Waals surface area contributed by atoms with Gasteiger partial charge in [-0.05, 0) is 66.9 Å². The molecule has 0 saturated carbocycles. The molecule has 32 heavy (non-hydrogen) atoms. The number of amides is 1. The molecule has 0 bridgehead atoms. The van der Waals surface area contributed by atoms with Crippen molar-refractivity contribution in [2.45, 2.75) is 26.7 Å². The molecule has 1 amide bonds. The minimum absolute atomic E-state index is 0.113. The third kappa shape index (κ3) is 4.84. The molecule has 5 nitrogen and oxygen atoms in total. The lowest BCUT2D eigenvalue weighted by Crippen LogP contribution is -2.16. The minimum atomic E-state index is -0.348. The van der Waals surface area contributed by atoms with Gasteiger partial charge in [0.2, 0.25) is 5.82 Å². The summed E-state index contributed by atoms with van der Waals surface area (Å²) in [5, 5.41) is 7.57. The normalized spacial score (nSPS) is 11.1. The number of aryl methyl sites for hydroxylation is 1. The summed E-state index contributed by atoms with van der Waals surface area (Å²) in [6.45, 7) is 6.21. The lowest BCUT2D eigenvalue weighted by atomic mass is 10.0. The standard InChI is InChI=1S/C25H22Br2N4O/c1-15(2)21-14-19(27)9-12-22(21)28-25(32)23-29-24(17-6-4-5-16(3)13-17)31(30-23)20-10-7-18(26)8-11-20/h4-15H,1-3H3,(H,28,32). The number of hydrogen-bond acceptors (Lipinski definition) is 3. The average molecular weight is 554 g/mol. The zero-order valence-corrected chi connectivity index (χ0v) is 21.1. The van der Waals surface area contributed by atoms with E-state index in [1.165, 1.54) is 0 Å². The van der Waals surface area contributed by atoms with Gasteiger partial charge in [0.25, 0.3) is 5.91 Å². The van der Waals surface area contributed by atoms with Crippen molar-refractivity contribution in [1.29, 1.82) is 0 Å². The van der Waals surface area contributed by atoms with Crippen LogP contribution in [0.4, 0.5) is 5.69 Å². The van der Waals surface area contributed by atoms with Crippen LogP contribution < -0.4 is 5.32 Å². The quantitative estimate of drug-likeness (QED) is 0.285. The van der Waals surface area contributed by atoms with E-state index in [1.54, 1.807) is 4.68 Å². The smallest absolute Gasteiger partial charge is 0.295 e. The van der Waals surface area contributed by atoms with Crippen LogP contribution in [0.3, 0.4) is 0 Å². The molecule has 0 spiro atoms. The fourth-order valence-electron chi connectivity index (χ4n) is 3.44. The van der Waals surface area contributed by atoms with Gasteiger partial charge in [0.05, 0.1) is 5.69 Å². The number of anilines is 1. The van der Waals surface area contributed by atoms with Gasteiger partial charge in [0.1, 0.15) is 0 Å². The number of halogens is 2. The van der Waals surface area contributed by atoms with Gasteiger partial charge in [-0.3, -0.25) is 4.79 Å². The fraction of sp³-hybridized carbons (Fsp3) is 0.160. The molecule has 4 rings (SSSR count). The zero-order valence-electron chi connectivity index (χ0n) is 17.9. The van der Waals surface area contributed by atoms with E-state index in [4.69, 9.17) is 0 Å². The van der Waals surface area contributed by atoms with Gasteiger partial charge in [-0.2, -0.15) is 0 Å². The summed E-state index contributed by atoms with van der Waals surface area (Å²) in [6.07, 6.45) is 0. The Bertz CT molecular complexity index is 1280. The van der Waals surface area contributed by atoms with Crippen LogP contribution in [0.25, 0.3) is 17.1 Å². The van der Waals surface area contributed by atoms with Gasteiger partial charge < -0.3 is 5.32 Å². The highest BCUT2D eigenvalue weighted by Crippen LogP contribution is 2.29. The average Bonchev–Trinajstić information content (AvgIpc) is 3.21. The summed E-state index contributed by atoms with van der Waals surface area (Å²) >= 11 is 6.97. The van der Waals surface area contributed by atoms with Gasteiger partial charge in [-0.1, -0.05) is 69.5 Å². The molecular weight excluding hydrogens is 532 g/mol. The molecule has 1 aromatic heterocycles. The number of hydrogen-bond donors (Lipinski definition) is 1. The number of nitrogens with one attached hydrogen (secondary N) is 1. The first kappa shape index (κ1) is 22.4. The SMILES string of the molecule is Cc1cccc(-c2nc(C(=O)Nc3ccc(Br)cc3C(C)C)nn2-c2ccc(Br)cc2)c1. The molecule has 4 aromatic rings. The highest BCUT2D eigenvalue weighted by molar-refractivity contribution is 9.10. The van der Waals surface area contributed by atoms with Gasteiger partial charge in [0, 0.05) is 20.2 Å². The van der Waals surface area contributed by atoms with E-state index in [0.29, 0.717) is 5.82 Å². The summed E-state index contributed by atoms with van der Waals surface area (Å²) < 4.78 is 3.65. The van der Waals surface area contributed by atoms with Crippen LogP contribution >= 0.6 is 31.9 Å². The number of aromatic nitrogens is 3. The van der Waals surface area contributed by atoms with Crippen LogP contribution in [0.15, 0.2) is 75.7 Å². The number of nitrogens with zero attached hydrogens (tertiary/aromatic N) is 3. The molecule has 1 heterocycles. The Morgan fingerprint density at radius 2 is 1.69 bits per heavy atom. The van der Waals surface area contributed by atoms with Crippen molar-refractivity contribution in [1.82, 2.24) is 14.8 Å². The van der Waals surface area contributed by atoms with Crippen LogP contribution in [0, 0.1) is 6.92 Å². The molecule has 0 aliphatic carbocycles. The van der Waals surface area contributed by atoms with Crippen LogP contribution in [0.1, 0.15) is 41.5 Å². The Morgan fingerprint density at radius 1 is 0.969 bits per heavy atom. The van der Waals surface area contributed by atoms with Gasteiger partial charge in [0.15, 0.2) is 5.82 Å². The summed E-state index contributed by atoms with van der Waals surface area (Å²) in [6, 6.07) is 21.6. The monoisotopic (exact) mass is 552 g/mol. The number of rotatable bonds is 5. The molecule has 162 valence electrons. The lowest BCUT2D eigenvalue weighted by Gasteiger charge is -2.13. The molecule has 0 aliphatic heterocycles. The third-order valence-electron chi connectivity index (χ3n) is 5.04. The molecule has 0 radical (unpaired) electrons. The first-order valence-electron chi connectivity index (χ1n) is 10.2. The summed E-state index contributed by atoms with van der Waals surface area (Å²) in [7, 11) is 0. The topological polar surface area (TPSA) is 59.8 Å². The second-order valence-electron chi connectivity index (χ2n) is 7.86. The lowest BCUT2D eigenvalue weighted by molar-refractivity contribution is 0.101. The van der Waals surface area contributed by atoms with Crippen molar-refractivity contribution >= 4 is 43.5 Å². The van der Waals surface area contributed by atoms with Crippen molar-refractivity contribution in [2.24, 2.45) is 0 Å². The third-order valence-corrected chi connectivity index (χ3v) is 6.06. The molecule has 1 N–H and O–H groups in total. The van der Waals surface area contributed by atoms with E-state index in [9.17, 15) is 4.79 Å². The van der Waals surface area contributed by atoms with E-state index in [1.807, 2.05) is 73.7 Å². The molecule has 7 heteroatoms. The van der Waals surface area contributed by atoms with E-state index in [0.717, 1.165) is 37.0 Å². The first-order chi connectivity index (χ1) is 15.3. The van der Waals surface area contributed by atoms with E-state index >= 15 is 0 Å². The van der Waals surface area contributed by atoms with Crippen LogP contribution in [-0.2, 0) is 0 Å². The van der Waals surface area contributed by atoms with Crippen LogP contribution in [0.2, 0.25) is 0 Å². The Balaban J connectivity index is 1.76. The van der Waals surface area contributed by atoms with Crippen LogP contribution in [0.5, 0.6) is 0 Å². The number of benzene rings is 3. The van der Waals surface area contributed by atoms with Gasteiger partial charge >= 0.3 is 0 Å². The Labute approximate surface area is 204 Å². The largest absolute Gasteiger partial charge is 0.319 e. The van der Waals surface area contributed by atoms with Crippen molar-refractivity contribution in [3.63, 3.8) is 0 Å². The van der Waals surface area contributed by atoms with Crippen molar-refractivity contribution in [3.05, 3.63) is 92.6 Å². The van der Waals surface area contributed by atoms with Crippen molar-refractivity contribution in [2.75, 3.05) is 5.32 Å². The Morgan fingerprint density at radius 3 is 2.38 bits per heavy atom. The fourth-order valence-corrected chi connectivity index (χ4v) is 4.09. The zero-order chi connectivity index (χ0) is 22.8. The maximum Gasteiger partial charge on any atom is 0.295 e. The minimum Gasteiger partial charge on any atom is -0.319 e. The molecule has 3 aromatic carbocycles. The van der Waals surface area contributed by atoms with E-state index < -0.39 is 0 Å². The van der Waals surface area contributed by atoms with E-state index in [-0.39, 0.29) is 17.6 Å². The second-order valence-corrected chi connectivity index (χ2v) is 9.69. The molecule has 0 aliphatic rings. The predicted octanol–water partition coefficient (Wildman–Crippen LogP) is 7.14. The summed E-state index contributed by atoms with van der Waals surface area (Å²) in [4.78, 5) is 17.8. The van der Waals surface area contributed by atoms with Crippen molar-refractivity contribution in [3.8, 4) is 17.1 Å². The number of carbonyl (C=O) groups is 1. The predicted molar refractivity (Wildman–Crippen MR) is 135 cm³/mol. The first-order valence-corrected chi connectivity index (χ1v) is 11.8. The van der Waals surface area contributed by atoms with Crippen LogP contribution in [-0.4, -0.2) is 20.7 Å². The summed E-state index contributed by atoms with van der Waals surface area (Å²) in [5.41, 5.74) is 4.62. The molecule has 0 unspecified atom stereocenters. The molecule has 0 saturated heterocycles. The van der Waals surface area contributed by atoms with Gasteiger partial charge in [-0.25, -0.2) is 9.67 Å². The summed E-state index contributed by atoms with van der Waals surface area (Å²) in [5.74, 6) is 0.626. The van der Waals surface area contributed by atoms with E-state index in [2.05, 4.69) is 61.1 Å².